The average molecular weight is 250 g/mol. The van der Waals surface area contributed by atoms with Crippen molar-refractivity contribution in [1.29, 1.82) is 0 Å². The van der Waals surface area contributed by atoms with Crippen molar-refractivity contribution >= 4 is 36.7 Å². The highest BCUT2D eigenvalue weighted by Gasteiger charge is 2.05. The van der Waals surface area contributed by atoms with E-state index in [1.165, 1.54) is 11.9 Å². The van der Waals surface area contributed by atoms with Crippen LogP contribution in [-0.2, 0) is 0 Å². The highest BCUT2D eigenvalue weighted by molar-refractivity contribution is 7.98. The third-order valence-corrected chi connectivity index (χ3v) is 2.45. The SMILES string of the molecule is CCCN(CCSN=C(N)N)C(N)=NS. The molecule has 0 aliphatic carbocycles. The molecule has 0 fully saturated rings. The maximum absolute atomic E-state index is 5.65. The number of nitrogens with two attached hydrogens (primary N) is 3. The minimum absolute atomic E-state index is 0.0814. The van der Waals surface area contributed by atoms with Crippen LogP contribution in [0.5, 0.6) is 0 Å². The second-order valence-electron chi connectivity index (χ2n) is 2.79. The summed E-state index contributed by atoms with van der Waals surface area (Å²) in [5.41, 5.74) is 16.0. The van der Waals surface area contributed by atoms with E-state index in [1.54, 1.807) is 0 Å². The Balaban J connectivity index is 3.91. The molecule has 0 atom stereocenters. The van der Waals surface area contributed by atoms with E-state index in [1.807, 2.05) is 4.90 Å². The molecule has 0 heterocycles. The molecular weight excluding hydrogens is 232 g/mol. The Kier molecular flexibility index (Phi) is 8.11. The predicted octanol–water partition coefficient (Wildman–Crippen LogP) is -0.220. The van der Waals surface area contributed by atoms with Crippen LogP contribution >= 0.6 is 24.8 Å². The molecule has 15 heavy (non-hydrogen) atoms. The fourth-order valence-electron chi connectivity index (χ4n) is 0.945. The molecule has 88 valence electrons. The summed E-state index contributed by atoms with van der Waals surface area (Å²) in [6.45, 7) is 3.66. The monoisotopic (exact) mass is 250 g/mol. The van der Waals surface area contributed by atoms with Gasteiger partial charge < -0.3 is 22.1 Å². The zero-order valence-corrected chi connectivity index (χ0v) is 10.5. The van der Waals surface area contributed by atoms with Crippen LogP contribution in [-0.4, -0.2) is 35.7 Å². The fourth-order valence-corrected chi connectivity index (χ4v) is 1.61. The molecule has 0 rings (SSSR count). The number of nitrogens with zero attached hydrogens (tertiary/aromatic N) is 3. The lowest BCUT2D eigenvalue weighted by Crippen LogP contribution is -2.39. The van der Waals surface area contributed by atoms with Crippen LogP contribution in [0.25, 0.3) is 0 Å². The Bertz CT molecular complexity index is 226. The maximum Gasteiger partial charge on any atom is 0.202 e. The van der Waals surface area contributed by atoms with Gasteiger partial charge in [0.15, 0.2) is 5.96 Å². The van der Waals surface area contributed by atoms with Crippen LogP contribution in [0.3, 0.4) is 0 Å². The minimum atomic E-state index is 0.0814. The Hall–Kier alpha value is -0.760. The van der Waals surface area contributed by atoms with Crippen molar-refractivity contribution in [3.8, 4) is 0 Å². The Morgan fingerprint density at radius 1 is 1.33 bits per heavy atom. The zero-order chi connectivity index (χ0) is 11.7. The molecule has 0 saturated carbocycles. The molecule has 6 N–H and O–H groups in total. The summed E-state index contributed by atoms with van der Waals surface area (Å²) in [5.74, 6) is 1.25. The lowest BCUT2D eigenvalue weighted by Gasteiger charge is -2.21. The van der Waals surface area contributed by atoms with Gasteiger partial charge in [-0.15, -0.1) is 0 Å². The topological polar surface area (TPSA) is 106 Å². The second-order valence-corrected chi connectivity index (χ2v) is 3.84. The van der Waals surface area contributed by atoms with Gasteiger partial charge in [0, 0.05) is 18.8 Å². The van der Waals surface area contributed by atoms with Crippen molar-refractivity contribution in [2.24, 2.45) is 26.0 Å². The zero-order valence-electron chi connectivity index (χ0n) is 8.76. The van der Waals surface area contributed by atoms with E-state index in [2.05, 4.69) is 28.5 Å². The number of hydrogen-bond donors (Lipinski definition) is 4. The van der Waals surface area contributed by atoms with Gasteiger partial charge in [-0.05, 0) is 31.2 Å². The molecule has 8 heteroatoms. The molecule has 0 radical (unpaired) electrons. The largest absolute Gasteiger partial charge is 0.369 e. The molecule has 0 amide bonds. The lowest BCUT2D eigenvalue weighted by atomic mass is 10.4. The third kappa shape index (κ3) is 7.20. The summed E-state index contributed by atoms with van der Waals surface area (Å²) < 4.78 is 7.45. The van der Waals surface area contributed by atoms with Gasteiger partial charge in [-0.1, -0.05) is 6.92 Å². The summed E-state index contributed by atoms with van der Waals surface area (Å²) in [4.78, 5) is 1.93. The lowest BCUT2D eigenvalue weighted by molar-refractivity contribution is 0.439. The Labute approximate surface area is 100 Å². The number of thiol groups is 1. The van der Waals surface area contributed by atoms with Crippen molar-refractivity contribution in [1.82, 2.24) is 4.90 Å². The third-order valence-electron chi connectivity index (χ3n) is 1.54. The first-order chi connectivity index (χ1) is 7.11. The van der Waals surface area contributed by atoms with E-state index in [-0.39, 0.29) is 5.96 Å². The van der Waals surface area contributed by atoms with Crippen molar-refractivity contribution in [2.45, 2.75) is 13.3 Å². The highest BCUT2D eigenvalue weighted by Crippen LogP contribution is 2.02. The van der Waals surface area contributed by atoms with Crippen LogP contribution in [0, 0.1) is 0 Å². The van der Waals surface area contributed by atoms with E-state index >= 15 is 0 Å². The van der Waals surface area contributed by atoms with Crippen LogP contribution in [0.15, 0.2) is 8.80 Å². The summed E-state index contributed by atoms with van der Waals surface area (Å²) in [7, 11) is 0. The first kappa shape index (κ1) is 14.2. The van der Waals surface area contributed by atoms with Crippen molar-refractivity contribution < 1.29 is 0 Å². The molecule has 0 aliphatic rings. The van der Waals surface area contributed by atoms with Gasteiger partial charge in [-0.2, -0.15) is 8.80 Å². The number of guanidine groups is 2. The standard InChI is InChI=1S/C7H18N6S2/c1-2-3-13(7(10)11-14)4-5-15-12-6(8)9/h14H,2-5H2,1H3,(H2,10,11)(H4,8,9,12). The van der Waals surface area contributed by atoms with Gasteiger partial charge in [-0.3, -0.25) is 0 Å². The van der Waals surface area contributed by atoms with Gasteiger partial charge >= 0.3 is 0 Å². The van der Waals surface area contributed by atoms with Crippen molar-refractivity contribution in [3.05, 3.63) is 0 Å². The van der Waals surface area contributed by atoms with E-state index in [9.17, 15) is 0 Å². The van der Waals surface area contributed by atoms with Gasteiger partial charge in [0.2, 0.25) is 5.96 Å². The fraction of sp³-hybridized carbons (Fsp3) is 0.714. The predicted molar refractivity (Wildman–Crippen MR) is 70.7 cm³/mol. The van der Waals surface area contributed by atoms with Gasteiger partial charge in [-0.25, -0.2) is 0 Å². The molecule has 0 bridgehead atoms. The van der Waals surface area contributed by atoms with E-state index in [0.717, 1.165) is 25.3 Å². The van der Waals surface area contributed by atoms with Gasteiger partial charge in [0.05, 0.1) is 0 Å². The molecule has 0 aromatic heterocycles. The molecule has 0 saturated heterocycles. The number of rotatable bonds is 6. The van der Waals surface area contributed by atoms with E-state index in [0.29, 0.717) is 5.96 Å². The van der Waals surface area contributed by atoms with E-state index in [4.69, 9.17) is 17.2 Å². The smallest absolute Gasteiger partial charge is 0.202 e. The first-order valence-electron chi connectivity index (χ1n) is 4.55. The molecular formula is C7H18N6S2. The van der Waals surface area contributed by atoms with Crippen LogP contribution in [0.2, 0.25) is 0 Å². The Morgan fingerprint density at radius 2 is 2.00 bits per heavy atom. The van der Waals surface area contributed by atoms with Crippen LogP contribution in [0.4, 0.5) is 0 Å². The normalized spacial score (nSPS) is 11.2. The summed E-state index contributed by atoms with van der Waals surface area (Å²) in [6.07, 6.45) is 0.997. The quantitative estimate of drug-likeness (QED) is 0.171. The molecule has 0 unspecified atom stereocenters. The maximum atomic E-state index is 5.65. The average Bonchev–Trinajstić information content (AvgIpc) is 2.21. The highest BCUT2D eigenvalue weighted by atomic mass is 32.2. The molecule has 6 nitrogen and oxygen atoms in total. The molecule has 0 aromatic carbocycles. The summed E-state index contributed by atoms with van der Waals surface area (Å²) in [6, 6.07) is 0. The van der Waals surface area contributed by atoms with Crippen LogP contribution in [0.1, 0.15) is 13.3 Å². The van der Waals surface area contributed by atoms with Gasteiger partial charge in [0.1, 0.15) is 0 Å². The second kappa shape index (κ2) is 8.54. The number of hydrogen-bond acceptors (Lipinski definition) is 4. The van der Waals surface area contributed by atoms with Crippen LogP contribution < -0.4 is 17.2 Å². The minimum Gasteiger partial charge on any atom is -0.369 e. The van der Waals surface area contributed by atoms with Crippen molar-refractivity contribution in [2.75, 3.05) is 18.8 Å². The summed E-state index contributed by atoms with van der Waals surface area (Å²) in [5, 5.41) is 0. The van der Waals surface area contributed by atoms with E-state index < -0.39 is 0 Å². The first-order valence-corrected chi connectivity index (χ1v) is 5.89. The molecule has 0 spiro atoms. The molecule has 0 aromatic rings. The Morgan fingerprint density at radius 3 is 2.47 bits per heavy atom. The summed E-state index contributed by atoms with van der Waals surface area (Å²) >= 11 is 5.08. The van der Waals surface area contributed by atoms with Crippen molar-refractivity contribution in [3.63, 3.8) is 0 Å². The van der Waals surface area contributed by atoms with Gasteiger partial charge in [0.25, 0.3) is 0 Å². The molecule has 0 aliphatic heterocycles.